The van der Waals surface area contributed by atoms with Crippen molar-refractivity contribution in [2.24, 2.45) is 0 Å². The lowest BCUT2D eigenvalue weighted by Gasteiger charge is -2.29. The van der Waals surface area contributed by atoms with Gasteiger partial charge in [-0.2, -0.15) is 0 Å². The molecule has 102 valence electrons. The zero-order valence-corrected chi connectivity index (χ0v) is 10.7. The van der Waals surface area contributed by atoms with Crippen molar-refractivity contribution < 1.29 is 20.1 Å². The monoisotopic (exact) mass is 277 g/mol. The summed E-state index contributed by atoms with van der Waals surface area (Å²) in [4.78, 5) is 8.02. The van der Waals surface area contributed by atoms with Crippen molar-refractivity contribution in [3.8, 4) is 0 Å². The summed E-state index contributed by atoms with van der Waals surface area (Å²) in [5.41, 5.74) is -1.26. The van der Waals surface area contributed by atoms with Gasteiger partial charge in [0.05, 0.1) is 19.8 Å². The Morgan fingerprint density at radius 3 is 2.39 bits per heavy atom. The van der Waals surface area contributed by atoms with E-state index in [1.54, 1.807) is 0 Å². The quantitative estimate of drug-likeness (QED) is 0.493. The van der Waals surface area contributed by atoms with Crippen LogP contribution in [0.5, 0.6) is 0 Å². The molecule has 1 aromatic heterocycles. The Balaban J connectivity index is 2.95. The minimum Gasteiger partial charge on any atom is -0.394 e. The van der Waals surface area contributed by atoms with Gasteiger partial charge in [-0.3, -0.25) is 0 Å². The minimum absolute atomic E-state index is 0.180. The van der Waals surface area contributed by atoms with Crippen LogP contribution in [0.2, 0.25) is 5.15 Å². The molecule has 0 aromatic carbocycles. The number of hydrogen-bond acceptors (Lipinski definition) is 7. The van der Waals surface area contributed by atoms with Crippen LogP contribution in [0.15, 0.2) is 6.07 Å². The van der Waals surface area contributed by atoms with Gasteiger partial charge in [-0.05, 0) is 0 Å². The average molecular weight is 278 g/mol. The lowest BCUT2D eigenvalue weighted by Crippen LogP contribution is -2.49. The van der Waals surface area contributed by atoms with Crippen LogP contribution in [-0.4, -0.2) is 57.8 Å². The van der Waals surface area contributed by atoms with Crippen molar-refractivity contribution in [1.82, 2.24) is 9.97 Å². The zero-order chi connectivity index (χ0) is 13.6. The molecule has 1 rings (SSSR count). The van der Waals surface area contributed by atoms with Gasteiger partial charge in [0.1, 0.15) is 23.1 Å². The summed E-state index contributed by atoms with van der Waals surface area (Å²) in [6.07, 6.45) is 0. The van der Waals surface area contributed by atoms with Crippen molar-refractivity contribution in [1.29, 1.82) is 0 Å². The van der Waals surface area contributed by atoms with Crippen LogP contribution in [0.4, 0.5) is 5.82 Å². The molecule has 0 fully saturated rings. The molecule has 18 heavy (non-hydrogen) atoms. The van der Waals surface area contributed by atoms with Crippen LogP contribution in [0.3, 0.4) is 0 Å². The summed E-state index contributed by atoms with van der Waals surface area (Å²) >= 11 is 5.81. The Morgan fingerprint density at radius 1 is 1.28 bits per heavy atom. The largest absolute Gasteiger partial charge is 0.394 e. The van der Waals surface area contributed by atoms with E-state index >= 15 is 0 Å². The second kappa shape index (κ2) is 6.81. The molecular formula is C10H16ClN3O4. The molecule has 1 aromatic rings. The van der Waals surface area contributed by atoms with Crippen LogP contribution in [0.1, 0.15) is 5.82 Å². The van der Waals surface area contributed by atoms with Gasteiger partial charge < -0.3 is 25.4 Å². The molecule has 0 aliphatic rings. The lowest BCUT2D eigenvalue weighted by molar-refractivity contribution is 0.0830. The van der Waals surface area contributed by atoms with E-state index in [1.165, 1.54) is 13.2 Å². The maximum atomic E-state index is 9.20. The van der Waals surface area contributed by atoms with Gasteiger partial charge in [0, 0.05) is 13.2 Å². The molecule has 0 radical (unpaired) electrons. The first-order valence-corrected chi connectivity index (χ1v) is 5.60. The van der Waals surface area contributed by atoms with E-state index < -0.39 is 25.4 Å². The predicted molar refractivity (Wildman–Crippen MR) is 65.4 cm³/mol. The molecule has 0 spiro atoms. The van der Waals surface area contributed by atoms with Gasteiger partial charge in [0.25, 0.3) is 0 Å². The smallest absolute Gasteiger partial charge is 0.158 e. The first kappa shape index (κ1) is 15.1. The van der Waals surface area contributed by atoms with E-state index in [2.05, 4.69) is 15.3 Å². The van der Waals surface area contributed by atoms with Crippen molar-refractivity contribution in [3.05, 3.63) is 17.0 Å². The number of aliphatic hydroxyl groups is 3. The van der Waals surface area contributed by atoms with Crippen molar-refractivity contribution in [3.63, 3.8) is 0 Å². The summed E-state index contributed by atoms with van der Waals surface area (Å²) in [7, 11) is 1.50. The standard InChI is InChI=1S/C10H16ClN3O4/c1-18-3-9-12-7(11)2-8(13-9)14-10(4-15,5-16)6-17/h2,15-17H,3-6H2,1H3,(H,12,13,14). The second-order valence-electron chi connectivity index (χ2n) is 3.80. The molecule has 0 saturated heterocycles. The van der Waals surface area contributed by atoms with Crippen LogP contribution in [-0.2, 0) is 11.3 Å². The molecule has 7 nitrogen and oxygen atoms in total. The fourth-order valence-corrected chi connectivity index (χ4v) is 1.46. The highest BCUT2D eigenvalue weighted by molar-refractivity contribution is 6.29. The molecule has 0 saturated carbocycles. The maximum Gasteiger partial charge on any atom is 0.158 e. The Bertz CT molecular complexity index is 379. The highest BCUT2D eigenvalue weighted by Crippen LogP contribution is 2.17. The van der Waals surface area contributed by atoms with Gasteiger partial charge in [-0.1, -0.05) is 11.6 Å². The fraction of sp³-hybridized carbons (Fsp3) is 0.600. The Kier molecular flexibility index (Phi) is 5.70. The molecule has 0 unspecified atom stereocenters. The number of ether oxygens (including phenoxy) is 1. The molecule has 0 aliphatic carbocycles. The van der Waals surface area contributed by atoms with Crippen LogP contribution < -0.4 is 5.32 Å². The number of methoxy groups -OCH3 is 1. The lowest BCUT2D eigenvalue weighted by atomic mass is 10.0. The van der Waals surface area contributed by atoms with E-state index in [9.17, 15) is 15.3 Å². The van der Waals surface area contributed by atoms with E-state index in [-0.39, 0.29) is 11.8 Å². The number of aromatic nitrogens is 2. The molecular weight excluding hydrogens is 262 g/mol. The molecule has 8 heteroatoms. The summed E-state index contributed by atoms with van der Waals surface area (Å²) in [5, 5.41) is 30.5. The summed E-state index contributed by atoms with van der Waals surface area (Å²) in [6, 6.07) is 1.43. The molecule has 0 bridgehead atoms. The molecule has 0 amide bonds. The molecule has 0 aliphatic heterocycles. The summed E-state index contributed by atoms with van der Waals surface area (Å²) < 4.78 is 4.89. The van der Waals surface area contributed by atoms with Crippen LogP contribution in [0, 0.1) is 0 Å². The second-order valence-corrected chi connectivity index (χ2v) is 4.19. The van der Waals surface area contributed by atoms with Crippen LogP contribution >= 0.6 is 11.6 Å². The van der Waals surface area contributed by atoms with Gasteiger partial charge in [-0.15, -0.1) is 0 Å². The van der Waals surface area contributed by atoms with Gasteiger partial charge in [0.2, 0.25) is 0 Å². The third kappa shape index (κ3) is 3.76. The SMILES string of the molecule is COCc1nc(Cl)cc(NC(CO)(CO)CO)n1. The molecule has 0 atom stereocenters. The highest BCUT2D eigenvalue weighted by atomic mass is 35.5. The first-order chi connectivity index (χ1) is 8.59. The Hall–Kier alpha value is -0.990. The highest BCUT2D eigenvalue weighted by Gasteiger charge is 2.28. The van der Waals surface area contributed by atoms with Gasteiger partial charge in [-0.25, -0.2) is 9.97 Å². The maximum absolute atomic E-state index is 9.20. The third-order valence-corrected chi connectivity index (χ3v) is 2.51. The number of halogens is 1. The molecule has 1 heterocycles. The predicted octanol–water partition coefficient (Wildman–Crippen LogP) is -0.596. The molecule has 4 N–H and O–H groups in total. The van der Waals surface area contributed by atoms with Crippen molar-refractivity contribution in [2.75, 3.05) is 32.2 Å². The van der Waals surface area contributed by atoms with Crippen LogP contribution in [0.25, 0.3) is 0 Å². The number of aliphatic hydroxyl groups excluding tert-OH is 3. The minimum atomic E-state index is -1.26. The number of nitrogens with zero attached hydrogens (tertiary/aromatic N) is 2. The zero-order valence-electron chi connectivity index (χ0n) is 9.93. The van der Waals surface area contributed by atoms with E-state index in [4.69, 9.17) is 16.3 Å². The number of anilines is 1. The van der Waals surface area contributed by atoms with E-state index in [1.807, 2.05) is 0 Å². The van der Waals surface area contributed by atoms with E-state index in [0.717, 1.165) is 0 Å². The Morgan fingerprint density at radius 2 is 1.89 bits per heavy atom. The Labute approximate surface area is 109 Å². The van der Waals surface area contributed by atoms with Gasteiger partial charge in [0.15, 0.2) is 5.82 Å². The first-order valence-electron chi connectivity index (χ1n) is 5.22. The summed E-state index contributed by atoms with van der Waals surface area (Å²) in [6.45, 7) is -1.19. The number of hydrogen-bond donors (Lipinski definition) is 4. The van der Waals surface area contributed by atoms with Gasteiger partial charge >= 0.3 is 0 Å². The summed E-state index contributed by atoms with van der Waals surface area (Å²) in [5.74, 6) is 0.648. The average Bonchev–Trinajstić information content (AvgIpc) is 2.36. The van der Waals surface area contributed by atoms with Crippen molar-refractivity contribution >= 4 is 17.4 Å². The normalized spacial score (nSPS) is 11.6. The fourth-order valence-electron chi connectivity index (χ4n) is 1.26. The number of nitrogens with one attached hydrogen (secondary N) is 1. The number of rotatable bonds is 7. The third-order valence-electron chi connectivity index (χ3n) is 2.32. The van der Waals surface area contributed by atoms with Crippen molar-refractivity contribution in [2.45, 2.75) is 12.1 Å². The van der Waals surface area contributed by atoms with E-state index in [0.29, 0.717) is 11.6 Å². The topological polar surface area (TPSA) is 108 Å².